The highest BCUT2D eigenvalue weighted by atomic mass is 31.1. The maximum absolute atomic E-state index is 10.7. The van der Waals surface area contributed by atoms with Crippen LogP contribution in [-0.2, 0) is 9.09 Å². The number of allylic oxidation sites excluding steroid dienone is 1. The number of nitrogens with one attached hydrogen (secondary N) is 1. The quantitative estimate of drug-likeness (QED) is 0.818. The first-order chi connectivity index (χ1) is 7.77. The van der Waals surface area contributed by atoms with E-state index in [4.69, 9.17) is 4.52 Å². The van der Waals surface area contributed by atoms with Crippen LogP contribution in [0.5, 0.6) is 0 Å². The molecule has 1 aromatic carbocycles. The van der Waals surface area contributed by atoms with Crippen molar-refractivity contribution in [2.24, 2.45) is 0 Å². The molecule has 0 bridgehead atoms. The van der Waals surface area contributed by atoms with E-state index < -0.39 is 0 Å². The number of para-hydroxylation sites is 1. The van der Waals surface area contributed by atoms with Crippen molar-refractivity contribution in [2.75, 3.05) is 12.5 Å². The second kappa shape index (κ2) is 4.54. The summed E-state index contributed by atoms with van der Waals surface area (Å²) in [5, 5.41) is 1.89. The molecule has 0 saturated carbocycles. The molecule has 0 amide bonds. The van der Waals surface area contributed by atoms with Crippen molar-refractivity contribution >= 4 is 20.1 Å². The lowest BCUT2D eigenvalue weighted by Crippen LogP contribution is -2.29. The Kier molecular flexibility index (Phi) is 3.11. The molecule has 0 spiro atoms. The SMILES string of the molecule is CCC1=C(OP=O)c2ccccc2NN1C. The summed E-state index contributed by atoms with van der Waals surface area (Å²) >= 11 is 0. The molecule has 0 unspecified atom stereocenters. The predicted octanol–water partition coefficient (Wildman–Crippen LogP) is 3.26. The summed E-state index contributed by atoms with van der Waals surface area (Å²) in [7, 11) is 1.59. The van der Waals surface area contributed by atoms with E-state index in [2.05, 4.69) is 5.43 Å². The number of rotatable bonds is 3. The van der Waals surface area contributed by atoms with E-state index in [1.807, 2.05) is 43.2 Å². The number of hydrazine groups is 1. The number of anilines is 1. The van der Waals surface area contributed by atoms with Gasteiger partial charge in [-0.3, -0.25) is 10.4 Å². The van der Waals surface area contributed by atoms with Gasteiger partial charge in [-0.25, -0.2) is 4.57 Å². The summed E-state index contributed by atoms with van der Waals surface area (Å²) in [5.41, 5.74) is 6.13. The monoisotopic (exact) mass is 236 g/mol. The maximum atomic E-state index is 10.7. The van der Waals surface area contributed by atoms with Gasteiger partial charge in [0.1, 0.15) is 0 Å². The number of hydrogen-bond donors (Lipinski definition) is 1. The Balaban J connectivity index is 2.56. The van der Waals surface area contributed by atoms with Gasteiger partial charge in [-0.2, -0.15) is 0 Å². The molecule has 0 radical (unpaired) electrons. The van der Waals surface area contributed by atoms with Gasteiger partial charge in [0.05, 0.1) is 11.4 Å². The van der Waals surface area contributed by atoms with Crippen LogP contribution in [0.1, 0.15) is 18.9 Å². The molecular formula is C11H13N2O2P. The van der Waals surface area contributed by atoms with Crippen LogP contribution in [-0.4, -0.2) is 12.1 Å². The molecule has 0 saturated heterocycles. The first-order valence-corrected chi connectivity index (χ1v) is 5.83. The van der Waals surface area contributed by atoms with Gasteiger partial charge in [-0.05, 0) is 18.6 Å². The van der Waals surface area contributed by atoms with Crippen molar-refractivity contribution in [3.63, 3.8) is 0 Å². The summed E-state index contributed by atoms with van der Waals surface area (Å²) in [6, 6.07) is 7.79. The van der Waals surface area contributed by atoms with E-state index in [1.54, 1.807) is 0 Å². The molecule has 1 aliphatic rings. The van der Waals surface area contributed by atoms with Crippen molar-refractivity contribution < 1.29 is 9.09 Å². The topological polar surface area (TPSA) is 41.6 Å². The van der Waals surface area contributed by atoms with Crippen LogP contribution in [0.4, 0.5) is 5.69 Å². The summed E-state index contributed by atoms with van der Waals surface area (Å²) in [6.07, 6.45) is 0.808. The van der Waals surface area contributed by atoms with Crippen molar-refractivity contribution in [1.29, 1.82) is 0 Å². The molecule has 0 fully saturated rings. The molecule has 1 N–H and O–H groups in total. The van der Waals surface area contributed by atoms with Crippen LogP contribution in [0, 0.1) is 0 Å². The zero-order chi connectivity index (χ0) is 11.5. The zero-order valence-electron chi connectivity index (χ0n) is 9.23. The largest absolute Gasteiger partial charge is 0.405 e. The molecule has 1 heterocycles. The first kappa shape index (κ1) is 11.0. The number of hydrogen-bond acceptors (Lipinski definition) is 4. The normalized spacial score (nSPS) is 14.8. The Hall–Kier alpha value is -1.54. The first-order valence-electron chi connectivity index (χ1n) is 5.10. The molecule has 84 valence electrons. The molecule has 1 aromatic rings. The fraction of sp³-hybridized carbons (Fsp3) is 0.273. The summed E-state index contributed by atoms with van der Waals surface area (Å²) in [6.45, 7) is 2.03. The Bertz CT molecular complexity index is 445. The Morgan fingerprint density at radius 3 is 2.88 bits per heavy atom. The molecule has 2 rings (SSSR count). The van der Waals surface area contributed by atoms with Crippen molar-refractivity contribution in [1.82, 2.24) is 5.01 Å². The van der Waals surface area contributed by atoms with Gasteiger partial charge < -0.3 is 4.52 Å². The summed E-state index contributed by atoms with van der Waals surface area (Å²) in [5.74, 6) is 0.677. The molecule has 0 aliphatic carbocycles. The number of fused-ring (bicyclic) bond motifs is 1. The van der Waals surface area contributed by atoms with E-state index in [1.165, 1.54) is 0 Å². The van der Waals surface area contributed by atoms with Gasteiger partial charge in [0.2, 0.25) is 0 Å². The molecule has 0 aromatic heterocycles. The van der Waals surface area contributed by atoms with Crippen LogP contribution >= 0.6 is 8.69 Å². The highest BCUT2D eigenvalue weighted by molar-refractivity contribution is 7.17. The van der Waals surface area contributed by atoms with E-state index in [9.17, 15) is 4.57 Å². The molecule has 16 heavy (non-hydrogen) atoms. The van der Waals surface area contributed by atoms with Crippen LogP contribution in [0.15, 0.2) is 30.0 Å². The maximum Gasteiger partial charge on any atom is 0.395 e. The number of benzene rings is 1. The van der Waals surface area contributed by atoms with Crippen molar-refractivity contribution in [2.45, 2.75) is 13.3 Å². The molecule has 4 nitrogen and oxygen atoms in total. The predicted molar refractivity (Wildman–Crippen MR) is 63.7 cm³/mol. The third kappa shape index (κ3) is 1.76. The Morgan fingerprint density at radius 2 is 2.19 bits per heavy atom. The van der Waals surface area contributed by atoms with Gasteiger partial charge >= 0.3 is 8.69 Å². The Labute approximate surface area is 96.2 Å². The molecule has 1 aliphatic heterocycles. The molecule has 5 heteroatoms. The fourth-order valence-corrected chi connectivity index (χ4v) is 2.15. The zero-order valence-corrected chi connectivity index (χ0v) is 10.1. The van der Waals surface area contributed by atoms with Crippen LogP contribution in [0.2, 0.25) is 0 Å². The lowest BCUT2D eigenvalue weighted by atomic mass is 10.1. The van der Waals surface area contributed by atoms with Gasteiger partial charge in [-0.15, -0.1) is 0 Å². The second-order valence-corrected chi connectivity index (χ2v) is 3.84. The standard InChI is InChI=1S/C11H13N2O2P/c1-3-10-11(15-16-14)8-6-4-5-7-9(8)12-13(10)2/h4-7,12H,3H2,1-2H3. The summed E-state index contributed by atoms with van der Waals surface area (Å²) < 4.78 is 15.9. The third-order valence-corrected chi connectivity index (χ3v) is 2.85. The lowest BCUT2D eigenvalue weighted by Gasteiger charge is -2.31. The Morgan fingerprint density at radius 1 is 1.44 bits per heavy atom. The van der Waals surface area contributed by atoms with E-state index >= 15 is 0 Å². The minimum atomic E-state index is -0.326. The third-order valence-electron chi connectivity index (χ3n) is 2.59. The minimum Gasteiger partial charge on any atom is -0.405 e. The van der Waals surface area contributed by atoms with E-state index in [-0.39, 0.29) is 8.69 Å². The van der Waals surface area contributed by atoms with Crippen molar-refractivity contribution in [3.05, 3.63) is 35.5 Å². The van der Waals surface area contributed by atoms with Crippen LogP contribution < -0.4 is 5.43 Å². The van der Waals surface area contributed by atoms with Gasteiger partial charge in [-0.1, -0.05) is 19.1 Å². The number of nitrogens with zero attached hydrogens (tertiary/aromatic N) is 1. The van der Waals surface area contributed by atoms with Crippen LogP contribution in [0.3, 0.4) is 0 Å². The second-order valence-electron chi connectivity index (χ2n) is 3.51. The average Bonchev–Trinajstić information content (AvgIpc) is 2.29. The highest BCUT2D eigenvalue weighted by Gasteiger charge is 2.22. The minimum absolute atomic E-state index is 0.326. The van der Waals surface area contributed by atoms with E-state index in [0.29, 0.717) is 5.76 Å². The van der Waals surface area contributed by atoms with Crippen molar-refractivity contribution in [3.8, 4) is 0 Å². The van der Waals surface area contributed by atoms with Gasteiger partial charge in [0.25, 0.3) is 0 Å². The van der Waals surface area contributed by atoms with E-state index in [0.717, 1.165) is 23.4 Å². The highest BCUT2D eigenvalue weighted by Crippen LogP contribution is 2.36. The van der Waals surface area contributed by atoms with Crippen LogP contribution in [0.25, 0.3) is 5.76 Å². The molecular weight excluding hydrogens is 223 g/mol. The van der Waals surface area contributed by atoms with Gasteiger partial charge in [0.15, 0.2) is 5.76 Å². The van der Waals surface area contributed by atoms with Gasteiger partial charge in [0, 0.05) is 12.6 Å². The summed E-state index contributed by atoms with van der Waals surface area (Å²) in [4.78, 5) is 0. The smallest absolute Gasteiger partial charge is 0.395 e. The lowest BCUT2D eigenvalue weighted by molar-refractivity contribution is 0.437. The average molecular weight is 236 g/mol. The molecule has 0 atom stereocenters. The fourth-order valence-electron chi connectivity index (χ4n) is 1.87.